The molecule has 20 heavy (non-hydrogen) atoms. The van der Waals surface area contributed by atoms with Crippen LogP contribution in [0.4, 0.5) is 0 Å². The number of guanidine groups is 1. The number of benzene rings is 1. The van der Waals surface area contributed by atoms with Crippen molar-refractivity contribution >= 4 is 41.5 Å². The van der Waals surface area contributed by atoms with Gasteiger partial charge in [0, 0.05) is 24.2 Å². The molecule has 0 heterocycles. The van der Waals surface area contributed by atoms with Crippen LogP contribution in [0, 0.1) is 0 Å². The van der Waals surface area contributed by atoms with Gasteiger partial charge in [-0.15, -0.1) is 24.0 Å². The summed E-state index contributed by atoms with van der Waals surface area (Å²) in [5.41, 5.74) is 1.22. The maximum Gasteiger partial charge on any atom is 0.191 e. The number of aryl methyl sites for hydroxylation is 1. The zero-order valence-corrected chi connectivity index (χ0v) is 15.8. The van der Waals surface area contributed by atoms with Crippen LogP contribution in [0.3, 0.4) is 0 Å². The molecule has 114 valence electrons. The third kappa shape index (κ3) is 7.94. The first kappa shape index (κ1) is 19.5. The maximum absolute atomic E-state index is 6.12. The van der Waals surface area contributed by atoms with Gasteiger partial charge in [0.1, 0.15) is 0 Å². The smallest absolute Gasteiger partial charge is 0.191 e. The Bertz CT molecular complexity index is 427. The van der Waals surface area contributed by atoms with Crippen LogP contribution in [-0.2, 0) is 6.42 Å². The van der Waals surface area contributed by atoms with Gasteiger partial charge in [-0.05, 0) is 45.2 Å². The highest BCUT2D eigenvalue weighted by molar-refractivity contribution is 14.0. The second kappa shape index (κ2) is 9.45. The van der Waals surface area contributed by atoms with E-state index in [2.05, 4.69) is 42.5 Å². The van der Waals surface area contributed by atoms with Crippen molar-refractivity contribution in [2.75, 3.05) is 13.6 Å². The number of nitrogens with zero attached hydrogens (tertiary/aromatic N) is 1. The fourth-order valence-corrected chi connectivity index (χ4v) is 1.95. The zero-order valence-electron chi connectivity index (χ0n) is 12.7. The van der Waals surface area contributed by atoms with Crippen molar-refractivity contribution in [2.24, 2.45) is 4.99 Å². The lowest BCUT2D eigenvalue weighted by Crippen LogP contribution is -2.47. The highest BCUT2D eigenvalue weighted by Crippen LogP contribution is 2.16. The summed E-state index contributed by atoms with van der Waals surface area (Å²) in [6.45, 7) is 7.22. The summed E-state index contributed by atoms with van der Waals surface area (Å²) in [6, 6.07) is 7.99. The molecule has 0 radical (unpaired) electrons. The molecule has 1 aromatic rings. The van der Waals surface area contributed by atoms with E-state index in [1.54, 1.807) is 7.05 Å². The normalized spacial score (nSPS) is 11.8. The molecule has 0 aliphatic rings. The molecule has 0 saturated carbocycles. The molecule has 0 fully saturated rings. The van der Waals surface area contributed by atoms with E-state index < -0.39 is 0 Å². The molecule has 1 aromatic carbocycles. The SMILES string of the molecule is CN=C(NCCCc1ccccc1Cl)NC(C)(C)C.I. The standard InChI is InChI=1S/C15H24ClN3.HI/c1-15(2,3)19-14(17-4)18-11-7-9-12-8-5-6-10-13(12)16;/h5-6,8,10H,7,9,11H2,1-4H3,(H2,17,18,19);1H. The average molecular weight is 410 g/mol. The fourth-order valence-electron chi connectivity index (χ4n) is 1.72. The van der Waals surface area contributed by atoms with Gasteiger partial charge in [0.15, 0.2) is 5.96 Å². The fraction of sp³-hybridized carbons (Fsp3) is 0.533. The zero-order chi connectivity index (χ0) is 14.3. The molecule has 1 rings (SSSR count). The Morgan fingerprint density at radius 3 is 2.45 bits per heavy atom. The van der Waals surface area contributed by atoms with Gasteiger partial charge in [-0.3, -0.25) is 4.99 Å². The number of aliphatic imine (C=N–C) groups is 1. The summed E-state index contributed by atoms with van der Waals surface area (Å²) in [4.78, 5) is 4.20. The molecule has 0 aromatic heterocycles. The predicted molar refractivity (Wildman–Crippen MR) is 99.4 cm³/mol. The van der Waals surface area contributed by atoms with Gasteiger partial charge in [0.05, 0.1) is 0 Å². The van der Waals surface area contributed by atoms with Crippen molar-refractivity contribution in [1.29, 1.82) is 0 Å². The van der Waals surface area contributed by atoms with Crippen molar-refractivity contribution in [3.8, 4) is 0 Å². The lowest BCUT2D eigenvalue weighted by molar-refractivity contribution is 0.501. The van der Waals surface area contributed by atoms with Crippen molar-refractivity contribution in [3.63, 3.8) is 0 Å². The maximum atomic E-state index is 6.12. The molecule has 0 aliphatic heterocycles. The van der Waals surface area contributed by atoms with E-state index in [1.165, 1.54) is 5.56 Å². The predicted octanol–water partition coefficient (Wildman–Crippen LogP) is 3.85. The Balaban J connectivity index is 0.00000361. The Morgan fingerprint density at radius 1 is 1.25 bits per heavy atom. The Labute approximate surface area is 144 Å². The van der Waals surface area contributed by atoms with Gasteiger partial charge in [0.2, 0.25) is 0 Å². The summed E-state index contributed by atoms with van der Waals surface area (Å²) in [5.74, 6) is 0.839. The first-order valence-electron chi connectivity index (χ1n) is 6.64. The second-order valence-corrected chi connectivity index (χ2v) is 5.98. The highest BCUT2D eigenvalue weighted by Gasteiger charge is 2.11. The van der Waals surface area contributed by atoms with Crippen LogP contribution < -0.4 is 10.6 Å². The first-order valence-corrected chi connectivity index (χ1v) is 7.02. The Morgan fingerprint density at radius 2 is 1.90 bits per heavy atom. The molecular formula is C15H25ClIN3. The minimum atomic E-state index is 0. The molecule has 0 atom stereocenters. The second-order valence-electron chi connectivity index (χ2n) is 5.57. The lowest BCUT2D eigenvalue weighted by atomic mass is 10.1. The molecule has 0 spiro atoms. The van der Waals surface area contributed by atoms with E-state index in [0.717, 1.165) is 30.4 Å². The summed E-state index contributed by atoms with van der Waals surface area (Å²) in [7, 11) is 1.79. The third-order valence-electron chi connectivity index (χ3n) is 2.59. The van der Waals surface area contributed by atoms with E-state index in [9.17, 15) is 0 Å². The molecule has 0 amide bonds. The largest absolute Gasteiger partial charge is 0.356 e. The van der Waals surface area contributed by atoms with Gasteiger partial charge >= 0.3 is 0 Å². The van der Waals surface area contributed by atoms with E-state index >= 15 is 0 Å². The molecule has 0 saturated heterocycles. The topological polar surface area (TPSA) is 36.4 Å². The third-order valence-corrected chi connectivity index (χ3v) is 2.96. The van der Waals surface area contributed by atoms with Crippen LogP contribution in [-0.4, -0.2) is 25.1 Å². The Kier molecular flexibility index (Phi) is 9.22. The summed E-state index contributed by atoms with van der Waals surface area (Å²) >= 11 is 6.12. The monoisotopic (exact) mass is 409 g/mol. The van der Waals surface area contributed by atoms with Crippen LogP contribution >= 0.6 is 35.6 Å². The highest BCUT2D eigenvalue weighted by atomic mass is 127. The minimum absolute atomic E-state index is 0. The van der Waals surface area contributed by atoms with Gasteiger partial charge in [-0.25, -0.2) is 0 Å². The summed E-state index contributed by atoms with van der Waals surface area (Å²) in [6.07, 6.45) is 1.99. The van der Waals surface area contributed by atoms with Crippen LogP contribution in [0.5, 0.6) is 0 Å². The van der Waals surface area contributed by atoms with Crippen molar-refractivity contribution in [1.82, 2.24) is 10.6 Å². The number of halogens is 2. The molecule has 0 aliphatic carbocycles. The average Bonchev–Trinajstić information content (AvgIpc) is 2.33. The summed E-state index contributed by atoms with van der Waals surface area (Å²) in [5, 5.41) is 7.49. The lowest BCUT2D eigenvalue weighted by Gasteiger charge is -2.23. The van der Waals surface area contributed by atoms with E-state index in [4.69, 9.17) is 11.6 Å². The van der Waals surface area contributed by atoms with Crippen molar-refractivity contribution in [3.05, 3.63) is 34.9 Å². The van der Waals surface area contributed by atoms with Crippen LogP contribution in [0.15, 0.2) is 29.3 Å². The molecular weight excluding hydrogens is 385 g/mol. The molecule has 0 bridgehead atoms. The number of hydrogen-bond donors (Lipinski definition) is 2. The number of rotatable bonds is 4. The minimum Gasteiger partial charge on any atom is -0.356 e. The molecule has 0 unspecified atom stereocenters. The Hall–Kier alpha value is -0.490. The quantitative estimate of drug-likeness (QED) is 0.343. The first-order chi connectivity index (χ1) is 8.92. The van der Waals surface area contributed by atoms with Crippen molar-refractivity contribution in [2.45, 2.75) is 39.2 Å². The van der Waals surface area contributed by atoms with Crippen LogP contribution in [0.25, 0.3) is 0 Å². The molecule has 3 nitrogen and oxygen atoms in total. The van der Waals surface area contributed by atoms with E-state index in [-0.39, 0.29) is 29.5 Å². The molecule has 5 heteroatoms. The summed E-state index contributed by atoms with van der Waals surface area (Å²) < 4.78 is 0. The van der Waals surface area contributed by atoms with Gasteiger partial charge in [0.25, 0.3) is 0 Å². The molecule has 2 N–H and O–H groups in total. The van der Waals surface area contributed by atoms with Crippen molar-refractivity contribution < 1.29 is 0 Å². The van der Waals surface area contributed by atoms with Gasteiger partial charge in [-0.2, -0.15) is 0 Å². The van der Waals surface area contributed by atoms with E-state index in [1.807, 2.05) is 18.2 Å². The van der Waals surface area contributed by atoms with Gasteiger partial charge in [-0.1, -0.05) is 29.8 Å². The van der Waals surface area contributed by atoms with Gasteiger partial charge < -0.3 is 10.6 Å². The number of nitrogens with one attached hydrogen (secondary N) is 2. The number of hydrogen-bond acceptors (Lipinski definition) is 1. The van der Waals surface area contributed by atoms with E-state index in [0.29, 0.717) is 0 Å². The van der Waals surface area contributed by atoms with Crippen LogP contribution in [0.1, 0.15) is 32.8 Å². The van der Waals surface area contributed by atoms with Crippen LogP contribution in [0.2, 0.25) is 5.02 Å².